The Morgan fingerprint density at radius 1 is 1.38 bits per heavy atom. The van der Waals surface area contributed by atoms with Crippen molar-refractivity contribution in [1.29, 1.82) is 0 Å². The maximum atomic E-state index is 12.0. The number of esters is 1. The highest BCUT2D eigenvalue weighted by atomic mass is 35.5. The molecule has 21 heavy (non-hydrogen) atoms. The van der Waals surface area contributed by atoms with Gasteiger partial charge in [-0.3, -0.25) is 0 Å². The number of carbonyl (C=O) groups is 1. The van der Waals surface area contributed by atoms with Crippen molar-refractivity contribution in [2.75, 3.05) is 7.11 Å². The quantitative estimate of drug-likeness (QED) is 0.837. The fourth-order valence-corrected chi connectivity index (χ4v) is 3.84. The summed E-state index contributed by atoms with van der Waals surface area (Å²) in [6.45, 7) is 0.0965. The predicted octanol–water partition coefficient (Wildman–Crippen LogP) is 2.06. The van der Waals surface area contributed by atoms with Crippen molar-refractivity contribution in [3.8, 4) is 0 Å². The molecule has 6 nitrogen and oxygen atoms in total. The van der Waals surface area contributed by atoms with Gasteiger partial charge in [0.2, 0.25) is 0 Å². The van der Waals surface area contributed by atoms with Crippen LogP contribution in [0.2, 0.25) is 4.47 Å². The van der Waals surface area contributed by atoms with Crippen LogP contribution in [0, 0.1) is 0 Å². The second-order valence-electron chi connectivity index (χ2n) is 3.95. The van der Waals surface area contributed by atoms with Gasteiger partial charge in [-0.05, 0) is 17.7 Å². The van der Waals surface area contributed by atoms with E-state index in [1.165, 1.54) is 13.3 Å². The molecule has 0 radical (unpaired) electrons. The van der Waals surface area contributed by atoms with E-state index in [2.05, 4.69) is 14.4 Å². The van der Waals surface area contributed by atoms with E-state index in [1.807, 2.05) is 0 Å². The lowest BCUT2D eigenvalue weighted by Crippen LogP contribution is -2.22. The van der Waals surface area contributed by atoms with Crippen LogP contribution < -0.4 is 4.72 Å². The van der Waals surface area contributed by atoms with Gasteiger partial charge in [0.25, 0.3) is 10.0 Å². The highest BCUT2D eigenvalue weighted by Gasteiger charge is 2.17. The number of hydrogen-bond donors (Lipinski definition) is 1. The zero-order chi connectivity index (χ0) is 15.5. The van der Waals surface area contributed by atoms with Crippen molar-refractivity contribution in [3.63, 3.8) is 0 Å². The minimum Gasteiger partial charge on any atom is -0.465 e. The predicted molar refractivity (Wildman–Crippen MR) is 78.9 cm³/mol. The molecular formula is C12H11ClN2O4S2. The first kappa shape index (κ1) is 15.9. The summed E-state index contributed by atoms with van der Waals surface area (Å²) in [5.74, 6) is -0.443. The minimum atomic E-state index is -3.64. The Labute approximate surface area is 130 Å². The minimum absolute atomic E-state index is 0.0543. The van der Waals surface area contributed by atoms with Crippen LogP contribution >= 0.6 is 22.9 Å². The Morgan fingerprint density at radius 2 is 2.05 bits per heavy atom. The molecule has 0 unspecified atom stereocenters. The number of sulfonamides is 1. The number of nitrogens with zero attached hydrogens (tertiary/aromatic N) is 1. The molecule has 0 bridgehead atoms. The molecule has 2 rings (SSSR count). The van der Waals surface area contributed by atoms with Gasteiger partial charge in [0.1, 0.15) is 0 Å². The lowest BCUT2D eigenvalue weighted by Gasteiger charge is -2.05. The van der Waals surface area contributed by atoms with Crippen molar-refractivity contribution in [3.05, 3.63) is 46.1 Å². The fourth-order valence-electron chi connectivity index (χ4n) is 1.49. The molecule has 0 saturated heterocycles. The molecule has 1 N–H and O–H groups in total. The molecule has 0 saturated carbocycles. The first-order chi connectivity index (χ1) is 9.92. The monoisotopic (exact) mass is 346 g/mol. The Balaban J connectivity index is 2.04. The van der Waals surface area contributed by atoms with Crippen LogP contribution in [0.5, 0.6) is 0 Å². The van der Waals surface area contributed by atoms with Crippen LogP contribution in [0.4, 0.5) is 0 Å². The number of thiazole rings is 1. The SMILES string of the molecule is COC(=O)c1ccc(CNS(=O)(=O)c2cnc(Cl)s2)cc1. The number of benzene rings is 1. The molecular weight excluding hydrogens is 336 g/mol. The molecule has 9 heteroatoms. The summed E-state index contributed by atoms with van der Waals surface area (Å²) in [5, 5.41) is 0. The summed E-state index contributed by atoms with van der Waals surface area (Å²) < 4.78 is 31.2. The zero-order valence-corrected chi connectivity index (χ0v) is 13.3. The molecule has 112 valence electrons. The molecule has 0 spiro atoms. The second kappa shape index (κ2) is 6.52. The number of rotatable bonds is 5. The van der Waals surface area contributed by atoms with Crippen molar-refractivity contribution < 1.29 is 17.9 Å². The summed E-state index contributed by atoms with van der Waals surface area (Å²) in [4.78, 5) is 15.0. The van der Waals surface area contributed by atoms with E-state index in [9.17, 15) is 13.2 Å². The van der Waals surface area contributed by atoms with Gasteiger partial charge in [-0.1, -0.05) is 35.1 Å². The van der Waals surface area contributed by atoms with Gasteiger partial charge in [0, 0.05) is 6.54 Å². The topological polar surface area (TPSA) is 85.4 Å². The number of hydrogen-bond acceptors (Lipinski definition) is 6. The average molecular weight is 347 g/mol. The molecule has 0 aliphatic heterocycles. The van der Waals surface area contributed by atoms with Crippen LogP contribution in [0.15, 0.2) is 34.7 Å². The van der Waals surface area contributed by atoms with Crippen molar-refractivity contribution in [2.24, 2.45) is 0 Å². The molecule has 0 atom stereocenters. The Hall–Kier alpha value is -1.48. The number of methoxy groups -OCH3 is 1. The normalized spacial score (nSPS) is 11.3. The van der Waals surface area contributed by atoms with E-state index in [0.29, 0.717) is 11.1 Å². The third kappa shape index (κ3) is 4.01. The third-order valence-electron chi connectivity index (χ3n) is 2.56. The van der Waals surface area contributed by atoms with E-state index < -0.39 is 16.0 Å². The van der Waals surface area contributed by atoms with Gasteiger partial charge in [0.15, 0.2) is 8.68 Å². The highest BCUT2D eigenvalue weighted by molar-refractivity contribution is 7.91. The lowest BCUT2D eigenvalue weighted by molar-refractivity contribution is 0.0600. The third-order valence-corrected chi connectivity index (χ3v) is 5.54. The van der Waals surface area contributed by atoms with E-state index in [-0.39, 0.29) is 15.2 Å². The molecule has 2 aromatic rings. The van der Waals surface area contributed by atoms with E-state index in [0.717, 1.165) is 11.3 Å². The van der Waals surface area contributed by atoms with Crippen LogP contribution in [0.25, 0.3) is 0 Å². The Kier molecular flexibility index (Phi) is 4.94. The second-order valence-corrected chi connectivity index (χ2v) is 7.55. The van der Waals surface area contributed by atoms with E-state index >= 15 is 0 Å². The highest BCUT2D eigenvalue weighted by Crippen LogP contribution is 2.22. The number of aromatic nitrogens is 1. The van der Waals surface area contributed by atoms with Crippen LogP contribution in [-0.4, -0.2) is 26.5 Å². The van der Waals surface area contributed by atoms with Crippen molar-refractivity contribution >= 4 is 38.9 Å². The number of carbonyl (C=O) groups excluding carboxylic acids is 1. The number of halogens is 1. The molecule has 0 amide bonds. The Bertz CT molecular complexity index is 741. The molecule has 0 aliphatic carbocycles. The zero-order valence-electron chi connectivity index (χ0n) is 10.9. The van der Waals surface area contributed by atoms with Crippen molar-refractivity contribution in [1.82, 2.24) is 9.71 Å². The summed E-state index contributed by atoms with van der Waals surface area (Å²) >= 11 is 6.50. The van der Waals surface area contributed by atoms with Gasteiger partial charge >= 0.3 is 5.97 Å². The maximum Gasteiger partial charge on any atom is 0.337 e. The summed E-state index contributed by atoms with van der Waals surface area (Å²) in [6.07, 6.45) is 1.20. The van der Waals surface area contributed by atoms with Gasteiger partial charge < -0.3 is 4.74 Å². The smallest absolute Gasteiger partial charge is 0.337 e. The summed E-state index contributed by atoms with van der Waals surface area (Å²) in [7, 11) is -2.34. The molecule has 0 fully saturated rings. The molecule has 1 heterocycles. The van der Waals surface area contributed by atoms with Crippen molar-refractivity contribution in [2.45, 2.75) is 10.8 Å². The fraction of sp³-hybridized carbons (Fsp3) is 0.167. The largest absolute Gasteiger partial charge is 0.465 e. The standard InChI is InChI=1S/C12H11ClN2O4S2/c1-19-11(16)9-4-2-8(3-5-9)6-15-21(17,18)10-7-14-12(13)20-10/h2-5,7,15H,6H2,1H3. The lowest BCUT2D eigenvalue weighted by atomic mass is 10.1. The van der Waals surface area contributed by atoms with Gasteiger partial charge in [-0.2, -0.15) is 0 Å². The van der Waals surface area contributed by atoms with Gasteiger partial charge in [0.05, 0.1) is 18.9 Å². The first-order valence-corrected chi connectivity index (χ1v) is 8.38. The molecule has 1 aromatic carbocycles. The summed E-state index contributed by atoms with van der Waals surface area (Å²) in [5.41, 5.74) is 1.11. The first-order valence-electron chi connectivity index (χ1n) is 5.70. The van der Waals surface area contributed by atoms with Crippen LogP contribution in [0.1, 0.15) is 15.9 Å². The Morgan fingerprint density at radius 3 is 2.57 bits per heavy atom. The van der Waals surface area contributed by atoms with Gasteiger partial charge in [-0.25, -0.2) is 22.9 Å². The molecule has 0 aliphatic rings. The van der Waals surface area contributed by atoms with E-state index in [1.54, 1.807) is 24.3 Å². The number of ether oxygens (including phenoxy) is 1. The molecule has 1 aromatic heterocycles. The van der Waals surface area contributed by atoms with Gasteiger partial charge in [-0.15, -0.1) is 0 Å². The van der Waals surface area contributed by atoms with Crippen LogP contribution in [0.3, 0.4) is 0 Å². The number of nitrogens with one attached hydrogen (secondary N) is 1. The van der Waals surface area contributed by atoms with E-state index in [4.69, 9.17) is 11.6 Å². The maximum absolute atomic E-state index is 12.0. The van der Waals surface area contributed by atoms with Crippen LogP contribution in [-0.2, 0) is 21.3 Å². The average Bonchev–Trinajstić information content (AvgIpc) is 2.92. The summed E-state index contributed by atoms with van der Waals surface area (Å²) in [6, 6.07) is 6.43.